The van der Waals surface area contributed by atoms with E-state index in [1.165, 1.54) is 5.56 Å². The van der Waals surface area contributed by atoms with Crippen LogP contribution < -0.4 is 14.8 Å². The van der Waals surface area contributed by atoms with Crippen LogP contribution in [0.25, 0.3) is 0 Å². The van der Waals surface area contributed by atoms with E-state index in [0.717, 1.165) is 62.7 Å². The third-order valence-corrected chi connectivity index (χ3v) is 5.66. The molecule has 0 amide bonds. The van der Waals surface area contributed by atoms with Crippen LogP contribution >= 0.6 is 0 Å². The maximum atomic E-state index is 10.4. The zero-order valence-electron chi connectivity index (χ0n) is 16.3. The highest BCUT2D eigenvalue weighted by Gasteiger charge is 2.22. The zero-order chi connectivity index (χ0) is 19.2. The van der Waals surface area contributed by atoms with Crippen LogP contribution in [-0.4, -0.2) is 55.5 Å². The second-order valence-corrected chi connectivity index (χ2v) is 7.79. The number of para-hydroxylation sites is 1. The molecule has 2 aliphatic heterocycles. The van der Waals surface area contributed by atoms with Crippen molar-refractivity contribution in [3.8, 4) is 11.5 Å². The minimum Gasteiger partial charge on any atom is -0.493 e. The normalized spacial score (nSPS) is 18.3. The molecular weight excluding hydrogens is 352 g/mol. The van der Waals surface area contributed by atoms with Crippen molar-refractivity contribution in [2.45, 2.75) is 25.4 Å². The van der Waals surface area contributed by atoms with Gasteiger partial charge in [0.05, 0.1) is 6.61 Å². The molecule has 1 saturated heterocycles. The van der Waals surface area contributed by atoms with Gasteiger partial charge in [-0.15, -0.1) is 0 Å². The Morgan fingerprint density at radius 1 is 1.04 bits per heavy atom. The number of aliphatic hydroxyl groups is 1. The summed E-state index contributed by atoms with van der Waals surface area (Å²) in [6, 6.07) is 16.1. The Morgan fingerprint density at radius 3 is 2.68 bits per heavy atom. The number of fused-ring (bicyclic) bond motifs is 1. The number of nitrogens with one attached hydrogen (secondary N) is 1. The van der Waals surface area contributed by atoms with Crippen molar-refractivity contribution in [2.75, 3.05) is 44.7 Å². The first-order valence-electron chi connectivity index (χ1n) is 10.3. The average molecular weight is 383 g/mol. The zero-order valence-corrected chi connectivity index (χ0v) is 16.3. The number of β-amino-alcohol motifs (C(OH)–C–C–N with tert-alkyl or cyclic N) is 1. The Kier molecular flexibility index (Phi) is 6.34. The fourth-order valence-corrected chi connectivity index (χ4v) is 4.05. The predicted octanol–water partition coefficient (Wildman–Crippen LogP) is 3.19. The van der Waals surface area contributed by atoms with Crippen molar-refractivity contribution in [3.63, 3.8) is 0 Å². The quantitative estimate of drug-likeness (QED) is 0.734. The first-order valence-corrected chi connectivity index (χ1v) is 10.3. The largest absolute Gasteiger partial charge is 0.493 e. The smallest absolute Gasteiger partial charge is 0.124 e. The number of piperidine rings is 1. The van der Waals surface area contributed by atoms with E-state index in [1.54, 1.807) is 0 Å². The first-order chi connectivity index (χ1) is 13.8. The van der Waals surface area contributed by atoms with Crippen LogP contribution in [0.5, 0.6) is 11.5 Å². The molecule has 0 radical (unpaired) electrons. The van der Waals surface area contributed by atoms with E-state index in [2.05, 4.69) is 16.3 Å². The highest BCUT2D eigenvalue weighted by atomic mass is 16.5. The number of rotatable bonds is 8. The molecular formula is C23H30N2O3. The van der Waals surface area contributed by atoms with Gasteiger partial charge in [0.25, 0.3) is 0 Å². The number of anilines is 1. The monoisotopic (exact) mass is 382 g/mol. The molecule has 0 bridgehead atoms. The Bertz CT molecular complexity index is 745. The molecule has 1 atom stereocenters. The van der Waals surface area contributed by atoms with Crippen LogP contribution in [0, 0.1) is 5.92 Å². The van der Waals surface area contributed by atoms with Crippen LogP contribution in [0.3, 0.4) is 0 Å². The van der Waals surface area contributed by atoms with Gasteiger partial charge in [-0.2, -0.15) is 0 Å². The molecule has 2 aromatic rings. The molecule has 0 saturated carbocycles. The van der Waals surface area contributed by atoms with Crippen LogP contribution in [-0.2, 0) is 6.42 Å². The van der Waals surface area contributed by atoms with Gasteiger partial charge < -0.3 is 24.8 Å². The summed E-state index contributed by atoms with van der Waals surface area (Å²) >= 11 is 0. The number of hydrogen-bond acceptors (Lipinski definition) is 5. The summed E-state index contributed by atoms with van der Waals surface area (Å²) in [6.45, 7) is 4.75. The molecule has 4 rings (SSSR count). The topological polar surface area (TPSA) is 54.0 Å². The van der Waals surface area contributed by atoms with Gasteiger partial charge in [-0.1, -0.05) is 24.3 Å². The van der Waals surface area contributed by atoms with E-state index < -0.39 is 6.10 Å². The second kappa shape index (κ2) is 9.30. The lowest BCUT2D eigenvalue weighted by molar-refractivity contribution is 0.0501. The van der Waals surface area contributed by atoms with Crippen molar-refractivity contribution in [1.29, 1.82) is 0 Å². The van der Waals surface area contributed by atoms with Crippen LogP contribution in [0.1, 0.15) is 18.4 Å². The molecule has 5 nitrogen and oxygen atoms in total. The molecule has 2 aromatic carbocycles. The fourth-order valence-electron chi connectivity index (χ4n) is 4.05. The summed E-state index contributed by atoms with van der Waals surface area (Å²) in [6.07, 6.45) is 2.74. The van der Waals surface area contributed by atoms with E-state index in [9.17, 15) is 5.11 Å². The summed E-state index contributed by atoms with van der Waals surface area (Å²) < 4.78 is 11.8. The molecule has 2 heterocycles. The molecule has 1 unspecified atom stereocenters. The van der Waals surface area contributed by atoms with Crippen molar-refractivity contribution in [1.82, 2.24) is 4.90 Å². The van der Waals surface area contributed by atoms with Gasteiger partial charge >= 0.3 is 0 Å². The highest BCUT2D eigenvalue weighted by molar-refractivity contribution is 5.61. The van der Waals surface area contributed by atoms with Crippen molar-refractivity contribution < 1.29 is 14.6 Å². The molecule has 1 fully saturated rings. The lowest BCUT2D eigenvalue weighted by atomic mass is 9.97. The lowest BCUT2D eigenvalue weighted by Crippen LogP contribution is -2.41. The van der Waals surface area contributed by atoms with Crippen molar-refractivity contribution in [2.24, 2.45) is 5.92 Å². The third-order valence-electron chi connectivity index (χ3n) is 5.66. The minimum atomic E-state index is -0.470. The van der Waals surface area contributed by atoms with Gasteiger partial charge in [0, 0.05) is 24.3 Å². The molecule has 28 heavy (non-hydrogen) atoms. The van der Waals surface area contributed by atoms with E-state index in [1.807, 2.05) is 42.5 Å². The van der Waals surface area contributed by atoms with Crippen molar-refractivity contribution in [3.05, 3.63) is 54.1 Å². The summed E-state index contributed by atoms with van der Waals surface area (Å²) in [5.74, 6) is 2.43. The number of aliphatic hydroxyl groups excluding tert-OH is 1. The molecule has 2 aliphatic rings. The van der Waals surface area contributed by atoms with E-state index in [0.29, 0.717) is 19.1 Å². The molecule has 2 N–H and O–H groups in total. The molecule has 5 heteroatoms. The Labute approximate surface area is 167 Å². The summed E-state index contributed by atoms with van der Waals surface area (Å²) in [5.41, 5.74) is 2.39. The van der Waals surface area contributed by atoms with Gasteiger partial charge in [0.2, 0.25) is 0 Å². The Hall–Kier alpha value is -2.24. The Balaban J connectivity index is 1.16. The lowest BCUT2D eigenvalue weighted by Gasteiger charge is -2.33. The second-order valence-electron chi connectivity index (χ2n) is 7.79. The standard InChI is InChI=1S/C23H30N2O3/c26-19(17-28-23-8-4-7-22-21(23)9-12-24-22)15-25-13-10-18(11-14-25)16-27-20-5-2-1-3-6-20/h1-8,18-19,24,26H,9-17H2. The van der Waals surface area contributed by atoms with E-state index >= 15 is 0 Å². The number of benzene rings is 2. The number of ether oxygens (including phenoxy) is 2. The molecule has 0 spiro atoms. The van der Waals surface area contributed by atoms with E-state index in [4.69, 9.17) is 9.47 Å². The minimum absolute atomic E-state index is 0.341. The fraction of sp³-hybridized carbons (Fsp3) is 0.478. The maximum absolute atomic E-state index is 10.4. The van der Waals surface area contributed by atoms with Crippen molar-refractivity contribution >= 4 is 5.69 Å². The SMILES string of the molecule is OC(COc1cccc2c1CCN2)CN1CCC(COc2ccccc2)CC1. The average Bonchev–Trinajstić information content (AvgIpc) is 3.22. The number of likely N-dealkylation sites (tertiary alicyclic amines) is 1. The summed E-state index contributed by atoms with van der Waals surface area (Å²) in [7, 11) is 0. The van der Waals surface area contributed by atoms with Gasteiger partial charge in [-0.3, -0.25) is 0 Å². The number of nitrogens with zero attached hydrogens (tertiary/aromatic N) is 1. The number of hydrogen-bond donors (Lipinski definition) is 2. The van der Waals surface area contributed by atoms with Gasteiger partial charge in [-0.25, -0.2) is 0 Å². The maximum Gasteiger partial charge on any atom is 0.124 e. The van der Waals surface area contributed by atoms with Gasteiger partial charge in [-0.05, 0) is 62.5 Å². The molecule has 0 aromatic heterocycles. The highest BCUT2D eigenvalue weighted by Crippen LogP contribution is 2.31. The van der Waals surface area contributed by atoms with Crippen LogP contribution in [0.2, 0.25) is 0 Å². The van der Waals surface area contributed by atoms with Gasteiger partial charge in [0.1, 0.15) is 24.2 Å². The first kappa shape index (κ1) is 19.1. The van der Waals surface area contributed by atoms with Gasteiger partial charge in [0.15, 0.2) is 0 Å². The summed E-state index contributed by atoms with van der Waals surface area (Å²) in [4.78, 5) is 2.34. The van der Waals surface area contributed by atoms with Crippen LogP contribution in [0.15, 0.2) is 48.5 Å². The van der Waals surface area contributed by atoms with E-state index in [-0.39, 0.29) is 0 Å². The molecule has 150 valence electrons. The summed E-state index contributed by atoms with van der Waals surface area (Å²) in [5, 5.41) is 13.8. The predicted molar refractivity (Wildman–Crippen MR) is 111 cm³/mol. The van der Waals surface area contributed by atoms with Crippen LogP contribution in [0.4, 0.5) is 5.69 Å². The third kappa shape index (κ3) is 4.97. The Morgan fingerprint density at radius 2 is 1.86 bits per heavy atom. The molecule has 0 aliphatic carbocycles.